The maximum Gasteiger partial charge on any atom is 0.141 e. The minimum Gasteiger partial charge on any atom is -0.326 e. The lowest BCUT2D eigenvalue weighted by molar-refractivity contribution is 0.413. The van der Waals surface area contributed by atoms with Gasteiger partial charge in [0.2, 0.25) is 0 Å². The van der Waals surface area contributed by atoms with Gasteiger partial charge in [-0.15, -0.1) is 0 Å². The molecule has 1 aromatic heterocycles. The van der Waals surface area contributed by atoms with E-state index in [1.54, 1.807) is 0 Å². The average molecular weight is 279 g/mol. The Morgan fingerprint density at radius 2 is 1.81 bits per heavy atom. The maximum absolute atomic E-state index is 5.77. The molecule has 3 aromatic rings. The van der Waals surface area contributed by atoms with Crippen molar-refractivity contribution in [2.75, 3.05) is 0 Å². The van der Waals surface area contributed by atoms with Crippen LogP contribution in [0.3, 0.4) is 0 Å². The van der Waals surface area contributed by atoms with Gasteiger partial charge in [0.15, 0.2) is 0 Å². The molecule has 0 spiro atoms. The van der Waals surface area contributed by atoms with Gasteiger partial charge < -0.3 is 10.3 Å². The fourth-order valence-electron chi connectivity index (χ4n) is 2.74. The van der Waals surface area contributed by atoms with Gasteiger partial charge >= 0.3 is 0 Å². The van der Waals surface area contributed by atoms with Crippen LogP contribution in [-0.2, 0) is 12.1 Å². The Balaban J connectivity index is 2.31. The highest BCUT2D eigenvalue weighted by Crippen LogP contribution is 2.31. The topological polar surface area (TPSA) is 43.8 Å². The molecule has 2 aromatic carbocycles. The summed E-state index contributed by atoms with van der Waals surface area (Å²) in [6.45, 7) is 7.16. The lowest BCUT2D eigenvalue weighted by atomic mass is 10.1. The summed E-state index contributed by atoms with van der Waals surface area (Å²) < 4.78 is 2.30. The Hall–Kier alpha value is -2.13. The molecule has 0 saturated carbocycles. The van der Waals surface area contributed by atoms with Gasteiger partial charge in [0.05, 0.1) is 11.0 Å². The highest BCUT2D eigenvalue weighted by molar-refractivity contribution is 5.81. The minimum atomic E-state index is -0.0375. The van der Waals surface area contributed by atoms with Crippen LogP contribution in [0.25, 0.3) is 22.4 Å². The predicted octanol–water partition coefficient (Wildman–Crippen LogP) is 3.92. The molecule has 0 amide bonds. The molecule has 0 aliphatic rings. The number of nitrogens with zero attached hydrogens (tertiary/aromatic N) is 2. The van der Waals surface area contributed by atoms with Crippen molar-refractivity contribution >= 4 is 11.0 Å². The summed E-state index contributed by atoms with van der Waals surface area (Å²) in [6, 6.07) is 16.6. The van der Waals surface area contributed by atoms with Gasteiger partial charge in [0.25, 0.3) is 0 Å². The SMILES string of the molecule is CC(C)(C)n1c(-c2cccc(CN)c2)nc2ccccc21. The van der Waals surface area contributed by atoms with Gasteiger partial charge in [-0.3, -0.25) is 0 Å². The summed E-state index contributed by atoms with van der Waals surface area (Å²) in [5, 5.41) is 0. The molecule has 3 rings (SSSR count). The minimum absolute atomic E-state index is 0.0375. The van der Waals surface area contributed by atoms with Crippen molar-refractivity contribution in [2.24, 2.45) is 5.73 Å². The van der Waals surface area contributed by atoms with E-state index in [1.165, 1.54) is 0 Å². The second kappa shape index (κ2) is 5.01. The Labute approximate surface area is 125 Å². The first kappa shape index (κ1) is 13.8. The van der Waals surface area contributed by atoms with Crippen molar-refractivity contribution in [3.8, 4) is 11.4 Å². The Kier molecular flexibility index (Phi) is 3.30. The Bertz CT molecular complexity index is 779. The molecular weight excluding hydrogens is 258 g/mol. The molecule has 0 aliphatic heterocycles. The normalized spacial score (nSPS) is 12.0. The van der Waals surface area contributed by atoms with Gasteiger partial charge in [-0.1, -0.05) is 30.3 Å². The van der Waals surface area contributed by atoms with Crippen molar-refractivity contribution < 1.29 is 0 Å². The van der Waals surface area contributed by atoms with E-state index in [2.05, 4.69) is 55.7 Å². The number of imidazole rings is 1. The van der Waals surface area contributed by atoms with E-state index < -0.39 is 0 Å². The van der Waals surface area contributed by atoms with Crippen molar-refractivity contribution in [3.63, 3.8) is 0 Å². The number of aromatic nitrogens is 2. The van der Waals surface area contributed by atoms with Crippen LogP contribution in [0.2, 0.25) is 0 Å². The molecule has 0 fully saturated rings. The van der Waals surface area contributed by atoms with Gasteiger partial charge in [-0.05, 0) is 44.5 Å². The number of para-hydroxylation sites is 2. The molecule has 21 heavy (non-hydrogen) atoms. The van der Waals surface area contributed by atoms with Crippen molar-refractivity contribution in [1.29, 1.82) is 0 Å². The number of hydrogen-bond acceptors (Lipinski definition) is 2. The summed E-state index contributed by atoms with van der Waals surface area (Å²) in [4.78, 5) is 4.85. The van der Waals surface area contributed by atoms with Crippen LogP contribution < -0.4 is 5.73 Å². The molecule has 2 N–H and O–H groups in total. The van der Waals surface area contributed by atoms with Crippen molar-refractivity contribution in [1.82, 2.24) is 9.55 Å². The number of nitrogens with two attached hydrogens (primary N) is 1. The molecule has 0 aliphatic carbocycles. The zero-order valence-corrected chi connectivity index (χ0v) is 12.8. The predicted molar refractivity (Wildman–Crippen MR) is 88.1 cm³/mol. The van der Waals surface area contributed by atoms with E-state index in [4.69, 9.17) is 10.7 Å². The number of rotatable bonds is 2. The van der Waals surface area contributed by atoms with Gasteiger partial charge in [0, 0.05) is 17.6 Å². The van der Waals surface area contributed by atoms with Gasteiger partial charge in [-0.25, -0.2) is 4.98 Å². The van der Waals surface area contributed by atoms with E-state index in [0.717, 1.165) is 28.0 Å². The first-order valence-electron chi connectivity index (χ1n) is 7.28. The van der Waals surface area contributed by atoms with Crippen LogP contribution in [0.4, 0.5) is 0 Å². The van der Waals surface area contributed by atoms with E-state index in [9.17, 15) is 0 Å². The van der Waals surface area contributed by atoms with Crippen molar-refractivity contribution in [2.45, 2.75) is 32.9 Å². The number of benzene rings is 2. The number of hydrogen-bond donors (Lipinski definition) is 1. The molecule has 3 heteroatoms. The summed E-state index contributed by atoms with van der Waals surface area (Å²) in [7, 11) is 0. The zero-order chi connectivity index (χ0) is 15.0. The summed E-state index contributed by atoms with van der Waals surface area (Å²) >= 11 is 0. The molecule has 0 bridgehead atoms. The summed E-state index contributed by atoms with van der Waals surface area (Å²) in [5.41, 5.74) is 10.2. The molecule has 0 radical (unpaired) electrons. The smallest absolute Gasteiger partial charge is 0.141 e. The highest BCUT2D eigenvalue weighted by Gasteiger charge is 2.22. The van der Waals surface area contributed by atoms with Crippen LogP contribution in [-0.4, -0.2) is 9.55 Å². The lowest BCUT2D eigenvalue weighted by Crippen LogP contribution is -2.22. The third-order valence-electron chi connectivity index (χ3n) is 3.65. The second-order valence-electron chi connectivity index (χ2n) is 6.33. The molecular formula is C18H21N3. The summed E-state index contributed by atoms with van der Waals surface area (Å²) in [6.07, 6.45) is 0. The third kappa shape index (κ3) is 2.45. The van der Waals surface area contributed by atoms with Crippen LogP contribution >= 0.6 is 0 Å². The average Bonchev–Trinajstić information content (AvgIpc) is 2.86. The molecule has 1 heterocycles. The van der Waals surface area contributed by atoms with E-state index >= 15 is 0 Å². The largest absolute Gasteiger partial charge is 0.326 e. The molecule has 0 atom stereocenters. The Morgan fingerprint density at radius 1 is 1.05 bits per heavy atom. The Morgan fingerprint density at radius 3 is 2.52 bits per heavy atom. The second-order valence-corrected chi connectivity index (χ2v) is 6.33. The first-order chi connectivity index (χ1) is 10.0. The molecule has 3 nitrogen and oxygen atoms in total. The van der Waals surface area contributed by atoms with Gasteiger partial charge in [-0.2, -0.15) is 0 Å². The fraction of sp³-hybridized carbons (Fsp3) is 0.278. The van der Waals surface area contributed by atoms with Crippen LogP contribution in [0.1, 0.15) is 26.3 Å². The zero-order valence-electron chi connectivity index (χ0n) is 12.8. The van der Waals surface area contributed by atoms with Crippen LogP contribution in [0, 0.1) is 0 Å². The van der Waals surface area contributed by atoms with E-state index in [-0.39, 0.29) is 5.54 Å². The monoisotopic (exact) mass is 279 g/mol. The quantitative estimate of drug-likeness (QED) is 0.772. The first-order valence-corrected chi connectivity index (χ1v) is 7.28. The van der Waals surface area contributed by atoms with E-state index in [0.29, 0.717) is 6.54 Å². The fourth-order valence-corrected chi connectivity index (χ4v) is 2.74. The van der Waals surface area contributed by atoms with E-state index in [1.807, 2.05) is 18.2 Å². The third-order valence-corrected chi connectivity index (χ3v) is 3.65. The number of fused-ring (bicyclic) bond motifs is 1. The van der Waals surface area contributed by atoms with Crippen LogP contribution in [0.15, 0.2) is 48.5 Å². The molecule has 0 unspecified atom stereocenters. The molecule has 0 saturated heterocycles. The summed E-state index contributed by atoms with van der Waals surface area (Å²) in [5.74, 6) is 0.999. The van der Waals surface area contributed by atoms with Crippen LogP contribution in [0.5, 0.6) is 0 Å². The maximum atomic E-state index is 5.77. The highest BCUT2D eigenvalue weighted by atomic mass is 15.1. The van der Waals surface area contributed by atoms with Gasteiger partial charge in [0.1, 0.15) is 5.82 Å². The standard InChI is InChI=1S/C18H21N3/c1-18(2,3)21-16-10-5-4-9-15(16)20-17(21)14-8-6-7-13(11-14)12-19/h4-11H,12,19H2,1-3H3. The lowest BCUT2D eigenvalue weighted by Gasteiger charge is -2.25. The van der Waals surface area contributed by atoms with Crippen molar-refractivity contribution in [3.05, 3.63) is 54.1 Å². The molecule has 108 valence electrons.